The zero-order valence-corrected chi connectivity index (χ0v) is 17.2. The average Bonchev–Trinajstić information content (AvgIpc) is 2.70. The number of hydrogen-bond acceptors (Lipinski definition) is 4. The van der Waals surface area contributed by atoms with Gasteiger partial charge in [-0.25, -0.2) is 0 Å². The van der Waals surface area contributed by atoms with Gasteiger partial charge in [0, 0.05) is 41.2 Å². The lowest BCUT2D eigenvalue weighted by atomic mass is 10.2. The predicted octanol–water partition coefficient (Wildman–Crippen LogP) is 4.46. The van der Waals surface area contributed by atoms with E-state index in [0.717, 1.165) is 26.9 Å². The summed E-state index contributed by atoms with van der Waals surface area (Å²) in [6.07, 6.45) is 3.59. The van der Waals surface area contributed by atoms with Gasteiger partial charge in [0.2, 0.25) is 0 Å². The van der Waals surface area contributed by atoms with Crippen molar-refractivity contribution in [1.29, 1.82) is 0 Å². The second kappa shape index (κ2) is 10.0. The third-order valence-electron chi connectivity index (χ3n) is 4.08. The number of amides is 1. The molecule has 28 heavy (non-hydrogen) atoms. The molecule has 0 aliphatic rings. The molecule has 0 bridgehead atoms. The maximum absolute atomic E-state index is 12.2. The maximum Gasteiger partial charge on any atom is 0.262 e. The van der Waals surface area contributed by atoms with Gasteiger partial charge >= 0.3 is 0 Å². The minimum atomic E-state index is -0.193. The van der Waals surface area contributed by atoms with E-state index in [2.05, 4.69) is 31.5 Å². The average molecular weight is 440 g/mol. The van der Waals surface area contributed by atoms with Crippen molar-refractivity contribution < 1.29 is 9.53 Å². The molecule has 0 aliphatic carbocycles. The summed E-state index contributed by atoms with van der Waals surface area (Å²) in [6.45, 7) is 3.27. The first kappa shape index (κ1) is 20.0. The van der Waals surface area contributed by atoms with Crippen LogP contribution in [0.25, 0.3) is 0 Å². The van der Waals surface area contributed by atoms with Crippen LogP contribution in [0, 0.1) is 6.92 Å². The van der Waals surface area contributed by atoms with Crippen LogP contribution in [0.4, 0.5) is 5.69 Å². The van der Waals surface area contributed by atoms with E-state index in [-0.39, 0.29) is 12.5 Å². The molecule has 2 aromatic carbocycles. The van der Waals surface area contributed by atoms with E-state index in [1.807, 2.05) is 67.7 Å². The van der Waals surface area contributed by atoms with Crippen LogP contribution < -0.4 is 15.4 Å². The number of nitrogens with zero attached hydrogens (tertiary/aromatic N) is 1. The highest BCUT2D eigenvalue weighted by Gasteiger charge is 2.08. The minimum absolute atomic E-state index is 0.0505. The summed E-state index contributed by atoms with van der Waals surface area (Å²) in [5.41, 5.74) is 3.99. The van der Waals surface area contributed by atoms with Gasteiger partial charge in [-0.05, 0) is 48.9 Å². The molecule has 5 nitrogen and oxygen atoms in total. The van der Waals surface area contributed by atoms with Gasteiger partial charge in [0.05, 0.1) is 0 Å². The van der Waals surface area contributed by atoms with E-state index in [9.17, 15) is 4.79 Å². The Morgan fingerprint density at radius 1 is 1.11 bits per heavy atom. The molecule has 0 saturated carbocycles. The first-order valence-corrected chi connectivity index (χ1v) is 9.77. The van der Waals surface area contributed by atoms with Gasteiger partial charge in [-0.3, -0.25) is 9.78 Å². The smallest absolute Gasteiger partial charge is 0.262 e. The van der Waals surface area contributed by atoms with Crippen LogP contribution in [0.2, 0.25) is 0 Å². The zero-order chi connectivity index (χ0) is 19.8. The highest BCUT2D eigenvalue weighted by molar-refractivity contribution is 9.10. The fourth-order valence-electron chi connectivity index (χ4n) is 2.65. The highest BCUT2D eigenvalue weighted by Crippen LogP contribution is 2.23. The van der Waals surface area contributed by atoms with Crippen molar-refractivity contribution >= 4 is 27.5 Å². The van der Waals surface area contributed by atoms with E-state index in [4.69, 9.17) is 4.74 Å². The summed E-state index contributed by atoms with van der Waals surface area (Å²) in [5, 5.41) is 6.22. The van der Waals surface area contributed by atoms with E-state index >= 15 is 0 Å². The molecule has 0 atom stereocenters. The number of benzene rings is 2. The van der Waals surface area contributed by atoms with Crippen LogP contribution in [0.5, 0.6) is 5.75 Å². The Bertz CT molecular complexity index is 915. The molecule has 0 fully saturated rings. The van der Waals surface area contributed by atoms with E-state index in [0.29, 0.717) is 18.8 Å². The normalized spacial score (nSPS) is 10.5. The fourth-order valence-corrected chi connectivity index (χ4v) is 3.06. The van der Waals surface area contributed by atoms with Crippen molar-refractivity contribution in [3.05, 3.63) is 88.2 Å². The molecule has 2 N–H and O–H groups in total. The van der Waals surface area contributed by atoms with Crippen molar-refractivity contribution in [3.63, 3.8) is 0 Å². The highest BCUT2D eigenvalue weighted by atomic mass is 79.9. The third kappa shape index (κ3) is 6.18. The predicted molar refractivity (Wildman–Crippen MR) is 114 cm³/mol. The SMILES string of the molecule is Cc1ccc(NC(=O)COc2ccc(Br)cc2CNCc2cccnc2)cc1. The number of ether oxygens (including phenoxy) is 1. The number of anilines is 1. The molecule has 1 aromatic heterocycles. The number of halogens is 1. The van der Waals surface area contributed by atoms with Gasteiger partial charge < -0.3 is 15.4 Å². The molecule has 144 valence electrons. The number of nitrogens with one attached hydrogen (secondary N) is 2. The van der Waals surface area contributed by atoms with Gasteiger partial charge in [0.1, 0.15) is 5.75 Å². The molecule has 0 radical (unpaired) electrons. The van der Waals surface area contributed by atoms with Crippen LogP contribution in [0.1, 0.15) is 16.7 Å². The van der Waals surface area contributed by atoms with Gasteiger partial charge in [-0.1, -0.05) is 39.7 Å². The molecule has 3 rings (SSSR count). The third-order valence-corrected chi connectivity index (χ3v) is 4.58. The van der Waals surface area contributed by atoms with Crippen molar-refractivity contribution in [1.82, 2.24) is 10.3 Å². The Morgan fingerprint density at radius 3 is 2.68 bits per heavy atom. The van der Waals surface area contributed by atoms with Crippen molar-refractivity contribution in [3.8, 4) is 5.75 Å². The summed E-state index contributed by atoms with van der Waals surface area (Å²) in [6, 6.07) is 17.4. The number of aryl methyl sites for hydroxylation is 1. The molecular weight excluding hydrogens is 418 g/mol. The number of aromatic nitrogens is 1. The number of hydrogen-bond donors (Lipinski definition) is 2. The standard InChI is InChI=1S/C22H22BrN3O2/c1-16-4-7-20(8-5-16)26-22(27)15-28-21-9-6-19(23)11-18(21)14-25-13-17-3-2-10-24-12-17/h2-12,25H,13-15H2,1H3,(H,26,27). The molecule has 0 saturated heterocycles. The monoisotopic (exact) mass is 439 g/mol. The van der Waals surface area contributed by atoms with Crippen molar-refractivity contribution in [2.45, 2.75) is 20.0 Å². The van der Waals surface area contributed by atoms with Crippen molar-refractivity contribution in [2.75, 3.05) is 11.9 Å². The Kier molecular flexibility index (Phi) is 7.17. The van der Waals surface area contributed by atoms with Crippen LogP contribution in [-0.2, 0) is 17.9 Å². The topological polar surface area (TPSA) is 63.2 Å². The molecule has 3 aromatic rings. The first-order valence-electron chi connectivity index (χ1n) is 8.97. The lowest BCUT2D eigenvalue weighted by molar-refractivity contribution is -0.118. The maximum atomic E-state index is 12.2. The number of carbonyl (C=O) groups is 1. The molecule has 1 amide bonds. The van der Waals surface area contributed by atoms with E-state index in [1.54, 1.807) is 6.20 Å². The Balaban J connectivity index is 1.55. The van der Waals surface area contributed by atoms with Gasteiger partial charge in [0.25, 0.3) is 5.91 Å². The lowest BCUT2D eigenvalue weighted by Crippen LogP contribution is -2.21. The van der Waals surface area contributed by atoms with Crippen LogP contribution >= 0.6 is 15.9 Å². The van der Waals surface area contributed by atoms with Crippen LogP contribution in [-0.4, -0.2) is 17.5 Å². The van der Waals surface area contributed by atoms with E-state index < -0.39 is 0 Å². The van der Waals surface area contributed by atoms with Crippen molar-refractivity contribution in [2.24, 2.45) is 0 Å². The summed E-state index contributed by atoms with van der Waals surface area (Å²) < 4.78 is 6.73. The number of carbonyl (C=O) groups excluding carboxylic acids is 1. The molecule has 6 heteroatoms. The molecule has 1 heterocycles. The zero-order valence-electron chi connectivity index (χ0n) is 15.6. The molecule has 0 unspecified atom stereocenters. The second-order valence-corrected chi connectivity index (χ2v) is 7.34. The minimum Gasteiger partial charge on any atom is -0.483 e. The molecular formula is C22H22BrN3O2. The van der Waals surface area contributed by atoms with Gasteiger partial charge in [0.15, 0.2) is 6.61 Å². The Labute approximate surface area is 173 Å². The van der Waals surface area contributed by atoms with Crippen LogP contribution in [0.15, 0.2) is 71.5 Å². The van der Waals surface area contributed by atoms with Gasteiger partial charge in [-0.2, -0.15) is 0 Å². The largest absolute Gasteiger partial charge is 0.483 e. The van der Waals surface area contributed by atoms with Gasteiger partial charge in [-0.15, -0.1) is 0 Å². The second-order valence-electron chi connectivity index (χ2n) is 6.42. The van der Waals surface area contributed by atoms with Crippen LogP contribution in [0.3, 0.4) is 0 Å². The Hall–Kier alpha value is -2.70. The first-order chi connectivity index (χ1) is 13.6. The number of rotatable bonds is 8. The molecule has 0 spiro atoms. The van der Waals surface area contributed by atoms with E-state index in [1.165, 1.54) is 0 Å². The lowest BCUT2D eigenvalue weighted by Gasteiger charge is -2.13. The summed E-state index contributed by atoms with van der Waals surface area (Å²) in [5.74, 6) is 0.488. The summed E-state index contributed by atoms with van der Waals surface area (Å²) >= 11 is 3.49. The fraction of sp³-hybridized carbons (Fsp3) is 0.182. The quantitative estimate of drug-likeness (QED) is 0.543. The summed E-state index contributed by atoms with van der Waals surface area (Å²) in [7, 11) is 0. The molecule has 0 aliphatic heterocycles. The summed E-state index contributed by atoms with van der Waals surface area (Å²) in [4.78, 5) is 16.3. The number of pyridine rings is 1. The Morgan fingerprint density at radius 2 is 1.93 bits per heavy atom.